The topological polar surface area (TPSA) is 123 Å². The van der Waals surface area contributed by atoms with Crippen molar-refractivity contribution in [2.75, 3.05) is 19.8 Å². The fraction of sp³-hybridized carbons (Fsp3) is 0.594. The molecule has 4 rings (SSSR count). The fourth-order valence-electron chi connectivity index (χ4n) is 10.0. The molecule has 0 aliphatic carbocycles. The van der Waals surface area contributed by atoms with Crippen LogP contribution in [0.5, 0.6) is 11.5 Å². The van der Waals surface area contributed by atoms with Gasteiger partial charge in [-0.1, -0.05) is 130 Å². The normalized spacial score (nSPS) is 13.0. The number of aliphatic hydroxyl groups is 2. The molecule has 0 heterocycles. The van der Waals surface area contributed by atoms with Crippen molar-refractivity contribution in [2.24, 2.45) is 10.8 Å². The molecule has 4 aromatic carbocycles. The molecule has 0 saturated carbocycles. The minimum Gasteiger partial charge on any atom is -0.493 e. The number of carbonyl (C=O) groups is 2. The van der Waals surface area contributed by atoms with Gasteiger partial charge in [0.15, 0.2) is 0 Å². The number of carboxylic acids is 1. The zero-order valence-electron chi connectivity index (χ0n) is 47.5. The number of aliphatic carboxylic acids is 1. The van der Waals surface area contributed by atoms with Gasteiger partial charge in [-0.2, -0.15) is 0 Å². The number of benzene rings is 4. The van der Waals surface area contributed by atoms with Crippen molar-refractivity contribution in [3.05, 3.63) is 128 Å². The SMILES string of the molecule is CCC(CC)(c1ccc(CCC(O)C(C)(C)C)c(C)c1)c1ccc(OCCCCC(=O)O)c(C)c1.CCOC(=O)CCCCOc1ccc(C(CC)(CC)c2ccc(CCC(O)C(C)(C)C)c(C)c2)cc1C. The van der Waals surface area contributed by atoms with Crippen LogP contribution in [0.15, 0.2) is 72.8 Å². The first-order valence-corrected chi connectivity index (χ1v) is 27.3. The van der Waals surface area contributed by atoms with Crippen molar-refractivity contribution in [3.8, 4) is 11.5 Å². The third kappa shape index (κ3) is 17.5. The van der Waals surface area contributed by atoms with Gasteiger partial charge in [-0.15, -0.1) is 0 Å². The van der Waals surface area contributed by atoms with E-state index in [1.807, 2.05) is 6.92 Å². The highest BCUT2D eigenvalue weighted by atomic mass is 16.5. The van der Waals surface area contributed by atoms with Gasteiger partial charge in [-0.05, 0) is 190 Å². The van der Waals surface area contributed by atoms with Crippen LogP contribution in [0.2, 0.25) is 0 Å². The first-order chi connectivity index (χ1) is 33.9. The second kappa shape index (κ2) is 28.7. The van der Waals surface area contributed by atoms with Gasteiger partial charge >= 0.3 is 11.9 Å². The summed E-state index contributed by atoms with van der Waals surface area (Å²) in [7, 11) is 0. The number of aryl methyl sites for hydroxylation is 6. The lowest BCUT2D eigenvalue weighted by Crippen LogP contribution is -2.27. The molecule has 0 aliphatic rings. The summed E-state index contributed by atoms with van der Waals surface area (Å²) in [6.07, 6.45) is 10.3. The quantitative estimate of drug-likeness (QED) is 0.0399. The molecule has 3 N–H and O–H groups in total. The lowest BCUT2D eigenvalue weighted by Gasteiger charge is -2.34. The highest BCUT2D eigenvalue weighted by Crippen LogP contribution is 2.43. The van der Waals surface area contributed by atoms with E-state index in [4.69, 9.17) is 19.3 Å². The van der Waals surface area contributed by atoms with E-state index in [2.05, 4.69) is 170 Å². The largest absolute Gasteiger partial charge is 0.493 e. The van der Waals surface area contributed by atoms with Crippen LogP contribution in [0.1, 0.15) is 209 Å². The van der Waals surface area contributed by atoms with Crippen molar-refractivity contribution in [1.29, 1.82) is 0 Å². The average molecular weight is 993 g/mol. The van der Waals surface area contributed by atoms with Crippen LogP contribution in [0, 0.1) is 38.5 Å². The number of rotatable bonds is 27. The third-order valence-corrected chi connectivity index (χ3v) is 15.4. The van der Waals surface area contributed by atoms with E-state index < -0.39 is 5.97 Å². The average Bonchev–Trinajstić information content (AvgIpc) is 3.32. The van der Waals surface area contributed by atoms with Gasteiger partial charge in [-0.3, -0.25) is 9.59 Å². The minimum atomic E-state index is -0.758. The number of hydrogen-bond acceptors (Lipinski definition) is 7. The van der Waals surface area contributed by atoms with Crippen LogP contribution in [0.4, 0.5) is 0 Å². The molecule has 0 amide bonds. The lowest BCUT2D eigenvalue weighted by atomic mass is 9.69. The summed E-state index contributed by atoms with van der Waals surface area (Å²) < 4.78 is 17.0. The Kier molecular flexibility index (Phi) is 24.6. The van der Waals surface area contributed by atoms with Crippen LogP contribution in [0.25, 0.3) is 0 Å². The molecule has 0 aliphatic heterocycles. The van der Waals surface area contributed by atoms with Crippen LogP contribution in [-0.2, 0) is 38.0 Å². The molecule has 2 atom stereocenters. The Labute approximate surface area is 436 Å². The molecule has 8 heteroatoms. The molecule has 0 bridgehead atoms. The number of esters is 1. The van der Waals surface area contributed by atoms with Crippen LogP contribution < -0.4 is 9.47 Å². The lowest BCUT2D eigenvalue weighted by molar-refractivity contribution is -0.143. The molecule has 0 radical (unpaired) electrons. The summed E-state index contributed by atoms with van der Waals surface area (Å²) in [6, 6.07) is 26.9. The summed E-state index contributed by atoms with van der Waals surface area (Å²) in [5.74, 6) is 0.884. The molecule has 0 spiro atoms. The van der Waals surface area contributed by atoms with Crippen molar-refractivity contribution >= 4 is 11.9 Å². The smallest absolute Gasteiger partial charge is 0.305 e. The summed E-state index contributed by atoms with van der Waals surface area (Å²) >= 11 is 0. The first-order valence-electron chi connectivity index (χ1n) is 27.3. The summed E-state index contributed by atoms with van der Waals surface area (Å²) in [5, 5.41) is 29.7. The van der Waals surface area contributed by atoms with E-state index in [1.54, 1.807) is 0 Å². The number of hydrogen-bond donors (Lipinski definition) is 3. The Hall–Kier alpha value is -4.66. The van der Waals surface area contributed by atoms with E-state index in [-0.39, 0.29) is 46.3 Å². The van der Waals surface area contributed by atoms with Crippen LogP contribution >= 0.6 is 0 Å². The van der Waals surface area contributed by atoms with Gasteiger partial charge in [0.2, 0.25) is 0 Å². The molecule has 0 saturated heterocycles. The Morgan fingerprint density at radius 1 is 0.500 bits per heavy atom. The molecule has 0 fully saturated rings. The Bertz CT molecular complexity index is 2290. The van der Waals surface area contributed by atoms with Gasteiger partial charge in [0, 0.05) is 23.7 Å². The predicted octanol–water partition coefficient (Wildman–Crippen LogP) is 15.2. The second-order valence-electron chi connectivity index (χ2n) is 22.5. The number of carboxylic acid groups (broad SMARTS) is 1. The predicted molar refractivity (Wildman–Crippen MR) is 298 cm³/mol. The number of ether oxygens (including phenoxy) is 3. The highest BCUT2D eigenvalue weighted by molar-refractivity contribution is 5.69. The van der Waals surface area contributed by atoms with E-state index >= 15 is 0 Å². The van der Waals surface area contributed by atoms with Crippen molar-refractivity contribution < 1.29 is 39.1 Å². The number of carbonyl (C=O) groups excluding carboxylic acids is 1. The van der Waals surface area contributed by atoms with E-state index in [0.717, 1.165) is 93.3 Å². The monoisotopic (exact) mass is 993 g/mol. The molecule has 400 valence electrons. The van der Waals surface area contributed by atoms with E-state index in [0.29, 0.717) is 32.7 Å². The second-order valence-corrected chi connectivity index (χ2v) is 22.5. The molecular formula is C64H96O8. The number of aliphatic hydroxyl groups excluding tert-OH is 2. The molecular weight excluding hydrogens is 897 g/mol. The zero-order chi connectivity index (χ0) is 53.9. The maximum absolute atomic E-state index is 11.5. The Balaban J connectivity index is 0.000000381. The first kappa shape index (κ1) is 61.6. The molecule has 72 heavy (non-hydrogen) atoms. The molecule has 2 unspecified atom stereocenters. The summed E-state index contributed by atoms with van der Waals surface area (Å²) in [5.41, 5.74) is 12.4. The van der Waals surface area contributed by atoms with Crippen molar-refractivity contribution in [1.82, 2.24) is 0 Å². The Morgan fingerprint density at radius 2 is 0.847 bits per heavy atom. The van der Waals surface area contributed by atoms with Gasteiger partial charge in [0.05, 0.1) is 32.0 Å². The Morgan fingerprint density at radius 3 is 1.15 bits per heavy atom. The summed E-state index contributed by atoms with van der Waals surface area (Å²) in [6.45, 7) is 33.6. The molecule has 0 aromatic heterocycles. The van der Waals surface area contributed by atoms with Crippen LogP contribution in [0.3, 0.4) is 0 Å². The molecule has 8 nitrogen and oxygen atoms in total. The van der Waals surface area contributed by atoms with Crippen molar-refractivity contribution in [3.63, 3.8) is 0 Å². The maximum Gasteiger partial charge on any atom is 0.305 e. The highest BCUT2D eigenvalue weighted by Gasteiger charge is 2.33. The molecule has 4 aromatic rings. The van der Waals surface area contributed by atoms with Gasteiger partial charge < -0.3 is 29.5 Å². The van der Waals surface area contributed by atoms with Crippen LogP contribution in [-0.4, -0.2) is 59.3 Å². The third-order valence-electron chi connectivity index (χ3n) is 15.4. The fourth-order valence-corrected chi connectivity index (χ4v) is 10.0. The minimum absolute atomic E-state index is 0.0584. The maximum atomic E-state index is 11.5. The van der Waals surface area contributed by atoms with Gasteiger partial charge in [0.25, 0.3) is 0 Å². The number of unbranched alkanes of at least 4 members (excludes halogenated alkanes) is 2. The standard InChI is InChI=1S/C33H50O4.C31H46O4/c1-9-33(10-2,27-17-15-26(24(4)22-27)16-20-30(34)32(6,7)8)28-18-19-29(25(5)23-28)37-21-13-12-14-31(35)36-11-3;1-8-31(9-2,25-15-13-24(22(3)20-25)14-18-28(32)30(5,6)7)26-16-17-27(23(4)21-26)35-19-11-10-12-29(33)34/h15,17-19,22-23,30,34H,9-14,16,20-21H2,1-8H3;13,15-17,20-21,28,32H,8-12,14,18-19H2,1-7H3,(H,33,34). The van der Waals surface area contributed by atoms with E-state index in [1.165, 1.54) is 44.5 Å². The summed E-state index contributed by atoms with van der Waals surface area (Å²) in [4.78, 5) is 22.2. The van der Waals surface area contributed by atoms with Crippen molar-refractivity contribution in [2.45, 2.75) is 217 Å². The van der Waals surface area contributed by atoms with Gasteiger partial charge in [0.1, 0.15) is 11.5 Å². The van der Waals surface area contributed by atoms with E-state index in [9.17, 15) is 19.8 Å². The zero-order valence-corrected chi connectivity index (χ0v) is 47.5. The van der Waals surface area contributed by atoms with Gasteiger partial charge in [-0.25, -0.2) is 0 Å².